The normalized spacial score (nSPS) is 14.6. The molecule has 98 valence electrons. The van der Waals surface area contributed by atoms with Gasteiger partial charge >= 0.3 is 5.97 Å². The fraction of sp³-hybridized carbons (Fsp3) is 0.333. The van der Waals surface area contributed by atoms with Gasteiger partial charge < -0.3 is 5.11 Å². The second kappa shape index (κ2) is 4.78. The van der Waals surface area contributed by atoms with E-state index in [4.69, 9.17) is 5.11 Å². The standard InChI is InChI=1S/C15H15NO2S/c1-9-13(8-14(17)18)19-15(16-9)12-6-10-4-2-3-5-11(10)7-12/h2-5,12H,6-8H2,1H3,(H,17,18). The number of carboxylic acid groups (broad SMARTS) is 1. The Bertz CT molecular complexity index is 608. The van der Waals surface area contributed by atoms with Gasteiger partial charge in [-0.05, 0) is 30.9 Å². The summed E-state index contributed by atoms with van der Waals surface area (Å²) in [6.45, 7) is 1.90. The highest BCUT2D eigenvalue weighted by molar-refractivity contribution is 7.12. The lowest BCUT2D eigenvalue weighted by Gasteiger charge is -2.03. The third-order valence-electron chi connectivity index (χ3n) is 3.62. The Morgan fingerprint density at radius 3 is 2.58 bits per heavy atom. The molecule has 0 saturated carbocycles. The SMILES string of the molecule is Cc1nc(C2Cc3ccccc3C2)sc1CC(=O)O. The summed E-state index contributed by atoms with van der Waals surface area (Å²) in [5.41, 5.74) is 3.68. The Balaban J connectivity index is 1.84. The van der Waals surface area contributed by atoms with Crippen molar-refractivity contribution in [1.29, 1.82) is 0 Å². The summed E-state index contributed by atoms with van der Waals surface area (Å²) in [6.07, 6.45) is 2.13. The van der Waals surface area contributed by atoms with Gasteiger partial charge in [-0.25, -0.2) is 4.98 Å². The van der Waals surface area contributed by atoms with Gasteiger partial charge in [0.1, 0.15) is 0 Å². The molecule has 0 aliphatic heterocycles. The molecule has 19 heavy (non-hydrogen) atoms. The van der Waals surface area contributed by atoms with Crippen molar-refractivity contribution in [2.45, 2.75) is 32.1 Å². The molecule has 0 bridgehead atoms. The van der Waals surface area contributed by atoms with Gasteiger partial charge in [-0.15, -0.1) is 11.3 Å². The van der Waals surface area contributed by atoms with Gasteiger partial charge in [0.05, 0.1) is 17.1 Å². The number of aryl methyl sites for hydroxylation is 1. The molecule has 3 nitrogen and oxygen atoms in total. The van der Waals surface area contributed by atoms with Crippen LogP contribution in [-0.2, 0) is 24.1 Å². The Kier molecular flexibility index (Phi) is 3.11. The monoisotopic (exact) mass is 273 g/mol. The first-order chi connectivity index (χ1) is 9.13. The molecule has 0 spiro atoms. The molecule has 0 unspecified atom stereocenters. The van der Waals surface area contributed by atoms with Crippen LogP contribution in [0, 0.1) is 6.92 Å². The van der Waals surface area contributed by atoms with E-state index in [0.29, 0.717) is 5.92 Å². The van der Waals surface area contributed by atoms with Gasteiger partial charge in [0.25, 0.3) is 0 Å². The molecule has 0 saturated heterocycles. The topological polar surface area (TPSA) is 50.2 Å². The number of rotatable bonds is 3. The Morgan fingerprint density at radius 1 is 1.37 bits per heavy atom. The van der Waals surface area contributed by atoms with E-state index in [9.17, 15) is 4.79 Å². The summed E-state index contributed by atoms with van der Waals surface area (Å²) in [5, 5.41) is 9.97. The Hall–Kier alpha value is -1.68. The van der Waals surface area contributed by atoms with E-state index in [-0.39, 0.29) is 6.42 Å². The van der Waals surface area contributed by atoms with Gasteiger partial charge in [-0.1, -0.05) is 24.3 Å². The zero-order chi connectivity index (χ0) is 13.4. The molecular weight excluding hydrogens is 258 g/mol. The van der Waals surface area contributed by atoms with Crippen LogP contribution < -0.4 is 0 Å². The summed E-state index contributed by atoms with van der Waals surface area (Å²) < 4.78 is 0. The Labute approximate surface area is 115 Å². The first kappa shape index (κ1) is 12.4. The second-order valence-electron chi connectivity index (χ2n) is 5.01. The maximum Gasteiger partial charge on any atom is 0.308 e. The van der Waals surface area contributed by atoms with Crippen LogP contribution in [0.1, 0.15) is 32.6 Å². The van der Waals surface area contributed by atoms with Crippen LogP contribution in [0.4, 0.5) is 0 Å². The molecule has 3 rings (SSSR count). The molecule has 0 amide bonds. The van der Waals surface area contributed by atoms with Crippen molar-refractivity contribution in [2.75, 3.05) is 0 Å². The number of benzene rings is 1. The molecule has 1 heterocycles. The zero-order valence-electron chi connectivity index (χ0n) is 10.7. The highest BCUT2D eigenvalue weighted by atomic mass is 32.1. The number of aromatic nitrogens is 1. The number of thiazole rings is 1. The van der Waals surface area contributed by atoms with E-state index in [1.807, 2.05) is 6.92 Å². The van der Waals surface area contributed by atoms with Crippen LogP contribution in [0.2, 0.25) is 0 Å². The number of hydrogen-bond donors (Lipinski definition) is 1. The maximum atomic E-state index is 10.8. The number of nitrogens with zero attached hydrogens (tertiary/aromatic N) is 1. The van der Waals surface area contributed by atoms with Gasteiger partial charge in [-0.2, -0.15) is 0 Å². The van der Waals surface area contributed by atoms with E-state index < -0.39 is 5.97 Å². The average molecular weight is 273 g/mol. The number of fused-ring (bicyclic) bond motifs is 1. The first-order valence-corrected chi connectivity index (χ1v) is 7.20. The Morgan fingerprint density at radius 2 is 2.00 bits per heavy atom. The lowest BCUT2D eigenvalue weighted by atomic mass is 10.1. The number of carbonyl (C=O) groups is 1. The van der Waals surface area contributed by atoms with Crippen molar-refractivity contribution in [3.05, 3.63) is 51.0 Å². The predicted octanol–water partition coefficient (Wildman–Crippen LogP) is 2.96. The van der Waals surface area contributed by atoms with Crippen LogP contribution in [-0.4, -0.2) is 16.1 Å². The smallest absolute Gasteiger partial charge is 0.308 e. The summed E-state index contributed by atoms with van der Waals surface area (Å²) in [7, 11) is 0. The molecule has 1 aromatic carbocycles. The molecule has 0 atom stereocenters. The molecule has 1 N–H and O–H groups in total. The molecule has 1 aliphatic carbocycles. The van der Waals surface area contributed by atoms with E-state index >= 15 is 0 Å². The van der Waals surface area contributed by atoms with E-state index in [0.717, 1.165) is 28.4 Å². The minimum atomic E-state index is -0.784. The van der Waals surface area contributed by atoms with E-state index in [1.165, 1.54) is 11.1 Å². The fourth-order valence-corrected chi connectivity index (χ4v) is 3.82. The van der Waals surface area contributed by atoms with Crippen LogP contribution in [0.3, 0.4) is 0 Å². The highest BCUT2D eigenvalue weighted by Crippen LogP contribution is 2.36. The molecule has 1 aromatic heterocycles. The summed E-state index contributed by atoms with van der Waals surface area (Å²) in [4.78, 5) is 16.3. The van der Waals surface area contributed by atoms with Crippen molar-refractivity contribution in [1.82, 2.24) is 4.98 Å². The maximum absolute atomic E-state index is 10.8. The van der Waals surface area contributed by atoms with E-state index in [2.05, 4.69) is 29.2 Å². The van der Waals surface area contributed by atoms with Crippen LogP contribution in [0.15, 0.2) is 24.3 Å². The summed E-state index contributed by atoms with van der Waals surface area (Å²) >= 11 is 1.56. The number of carboxylic acids is 1. The van der Waals surface area contributed by atoms with Crippen molar-refractivity contribution >= 4 is 17.3 Å². The summed E-state index contributed by atoms with van der Waals surface area (Å²) in [6, 6.07) is 8.50. The molecule has 0 fully saturated rings. The minimum absolute atomic E-state index is 0.0865. The highest BCUT2D eigenvalue weighted by Gasteiger charge is 2.26. The molecular formula is C15H15NO2S. The van der Waals surface area contributed by atoms with Gasteiger partial charge in [0.2, 0.25) is 0 Å². The third-order valence-corrected chi connectivity index (χ3v) is 4.94. The number of aliphatic carboxylic acids is 1. The van der Waals surface area contributed by atoms with Crippen LogP contribution >= 0.6 is 11.3 Å². The molecule has 2 aromatic rings. The van der Waals surface area contributed by atoms with Crippen molar-refractivity contribution in [3.8, 4) is 0 Å². The quantitative estimate of drug-likeness (QED) is 0.935. The van der Waals surface area contributed by atoms with Crippen molar-refractivity contribution < 1.29 is 9.90 Å². The molecule has 4 heteroatoms. The fourth-order valence-electron chi connectivity index (χ4n) is 2.66. The lowest BCUT2D eigenvalue weighted by Crippen LogP contribution is -1.99. The predicted molar refractivity (Wildman–Crippen MR) is 74.8 cm³/mol. The van der Waals surface area contributed by atoms with Gasteiger partial charge in [-0.3, -0.25) is 4.79 Å². The second-order valence-corrected chi connectivity index (χ2v) is 6.12. The zero-order valence-corrected chi connectivity index (χ0v) is 11.5. The van der Waals surface area contributed by atoms with Crippen LogP contribution in [0.5, 0.6) is 0 Å². The molecule has 0 radical (unpaired) electrons. The lowest BCUT2D eigenvalue weighted by molar-refractivity contribution is -0.136. The largest absolute Gasteiger partial charge is 0.481 e. The van der Waals surface area contributed by atoms with E-state index in [1.54, 1.807) is 11.3 Å². The molecule has 1 aliphatic rings. The third kappa shape index (κ3) is 2.40. The van der Waals surface area contributed by atoms with Gasteiger partial charge in [0.15, 0.2) is 0 Å². The van der Waals surface area contributed by atoms with Gasteiger partial charge in [0, 0.05) is 10.8 Å². The van der Waals surface area contributed by atoms with Crippen molar-refractivity contribution in [2.24, 2.45) is 0 Å². The van der Waals surface area contributed by atoms with Crippen molar-refractivity contribution in [3.63, 3.8) is 0 Å². The summed E-state index contributed by atoms with van der Waals surface area (Å²) in [5.74, 6) is -0.364. The minimum Gasteiger partial charge on any atom is -0.481 e. The average Bonchev–Trinajstić information content (AvgIpc) is 2.93. The number of hydrogen-bond acceptors (Lipinski definition) is 3. The first-order valence-electron chi connectivity index (χ1n) is 6.38. The van der Waals surface area contributed by atoms with Crippen LogP contribution in [0.25, 0.3) is 0 Å².